The number of Topliss-reactive ketones (excluding diaryl/α,β-unsaturated/α-hetero) is 1. The summed E-state index contributed by atoms with van der Waals surface area (Å²) < 4.78 is 10.5. The Morgan fingerprint density at radius 3 is 2.04 bits per heavy atom. The van der Waals surface area contributed by atoms with Crippen LogP contribution in [0.5, 0.6) is 0 Å². The van der Waals surface area contributed by atoms with Gasteiger partial charge < -0.3 is 14.8 Å². The van der Waals surface area contributed by atoms with Crippen molar-refractivity contribution in [2.75, 3.05) is 33.5 Å². The second-order valence-corrected chi connectivity index (χ2v) is 5.09. The molecule has 0 saturated heterocycles. The third-order valence-corrected chi connectivity index (χ3v) is 3.13. The molecule has 4 heteroatoms. The van der Waals surface area contributed by atoms with E-state index in [1.165, 1.54) is 12.5 Å². The van der Waals surface area contributed by atoms with Gasteiger partial charge in [-0.25, -0.2) is 0 Å². The molecule has 0 bridgehead atoms. The number of carbonyl (C=O) groups is 1. The van der Waals surface area contributed by atoms with E-state index in [1.807, 2.05) is 60.7 Å². The first-order chi connectivity index (χ1) is 13.6. The van der Waals surface area contributed by atoms with Gasteiger partial charge in [0.05, 0.1) is 6.61 Å². The summed E-state index contributed by atoms with van der Waals surface area (Å²) >= 11 is 0. The minimum Gasteiger partial charge on any atom is -0.374 e. The number of ether oxygens (including phenoxy) is 2. The number of ketones is 1. The highest BCUT2D eigenvalue weighted by molar-refractivity contribution is 5.76. The number of hydrogen-bond acceptors (Lipinski definition) is 4. The van der Waals surface area contributed by atoms with Crippen molar-refractivity contribution in [1.82, 2.24) is 5.32 Å². The number of benzene rings is 1. The minimum absolute atomic E-state index is 0.0434. The summed E-state index contributed by atoms with van der Waals surface area (Å²) in [6.07, 6.45) is 0.769. The molecule has 0 radical (unpaired) electrons. The summed E-state index contributed by atoms with van der Waals surface area (Å²) in [5.41, 5.74) is 2.23. The average molecular weight is 394 g/mol. The molecule has 0 aromatic heterocycles. The molecule has 1 aromatic carbocycles. The van der Waals surface area contributed by atoms with Gasteiger partial charge in [0, 0.05) is 18.2 Å². The fourth-order valence-corrected chi connectivity index (χ4v) is 1.76. The lowest BCUT2D eigenvalue weighted by Crippen LogP contribution is -2.11. The zero-order chi connectivity index (χ0) is 22.2. The number of carbonyl (C=O) groups excluding carboxylic acids is 1. The molecule has 1 aromatic rings. The molecular weight excluding hydrogens is 350 g/mol. The Morgan fingerprint density at radius 2 is 1.54 bits per heavy atom. The van der Waals surface area contributed by atoms with Crippen LogP contribution < -0.4 is 5.32 Å². The van der Waals surface area contributed by atoms with Crippen LogP contribution in [0.3, 0.4) is 0 Å². The Morgan fingerprint density at radius 1 is 1.00 bits per heavy atom. The largest absolute Gasteiger partial charge is 0.374 e. The van der Waals surface area contributed by atoms with Gasteiger partial charge in [0.15, 0.2) is 5.78 Å². The van der Waals surface area contributed by atoms with Crippen LogP contribution in [0.2, 0.25) is 0 Å². The van der Waals surface area contributed by atoms with Crippen LogP contribution in [0.1, 0.15) is 79.0 Å². The van der Waals surface area contributed by atoms with Crippen LogP contribution in [-0.2, 0) is 14.3 Å². The van der Waals surface area contributed by atoms with Crippen molar-refractivity contribution in [3.63, 3.8) is 0 Å². The Bertz CT molecular complexity index is 501. The minimum atomic E-state index is 0.0434. The van der Waals surface area contributed by atoms with Gasteiger partial charge in [-0.3, -0.25) is 4.79 Å². The predicted octanol–water partition coefficient (Wildman–Crippen LogP) is 5.41. The Balaban J connectivity index is -0.000000946. The van der Waals surface area contributed by atoms with E-state index in [0.29, 0.717) is 25.9 Å². The fraction of sp³-hybridized carbons (Fsp3) is 0.625. The Hall–Kier alpha value is -1.67. The lowest BCUT2D eigenvalue weighted by molar-refractivity contribution is -0.121. The van der Waals surface area contributed by atoms with E-state index in [2.05, 4.69) is 36.2 Å². The van der Waals surface area contributed by atoms with Crippen molar-refractivity contribution in [2.24, 2.45) is 0 Å². The van der Waals surface area contributed by atoms with Crippen molar-refractivity contribution >= 4 is 5.78 Å². The highest BCUT2D eigenvalue weighted by Crippen LogP contribution is 2.11. The third-order valence-electron chi connectivity index (χ3n) is 3.13. The molecule has 0 aliphatic rings. The molecular formula is C24H43NO3. The zero-order valence-corrected chi connectivity index (χ0v) is 19.6. The standard InChI is InChI=1S/C18H25NO3.3C2H6/c1-15(20)14-22-13-5-12-21-11-4-6-17-7-9-18(10-8-17)16(2)19-3;3*1-2/h7-10,16,19H,5,11-14H2,1-3H3;3*1-2H3. The molecule has 4 nitrogen and oxygen atoms in total. The summed E-state index contributed by atoms with van der Waals surface area (Å²) in [6.45, 7) is 17.3. The van der Waals surface area contributed by atoms with Crippen molar-refractivity contribution in [3.05, 3.63) is 35.4 Å². The average Bonchev–Trinajstić information content (AvgIpc) is 2.76. The molecule has 0 heterocycles. The molecule has 0 amide bonds. The van der Waals surface area contributed by atoms with Gasteiger partial charge in [0.2, 0.25) is 0 Å². The second-order valence-electron chi connectivity index (χ2n) is 5.09. The second kappa shape index (κ2) is 25.3. The van der Waals surface area contributed by atoms with Gasteiger partial charge in [-0.15, -0.1) is 0 Å². The summed E-state index contributed by atoms with van der Waals surface area (Å²) in [7, 11) is 1.95. The molecule has 1 unspecified atom stereocenters. The molecule has 0 aliphatic heterocycles. The maximum Gasteiger partial charge on any atom is 0.155 e. The number of nitrogens with one attached hydrogen (secondary N) is 1. The van der Waals surface area contributed by atoms with Gasteiger partial charge in [0.1, 0.15) is 13.2 Å². The van der Waals surface area contributed by atoms with E-state index in [0.717, 1.165) is 12.0 Å². The zero-order valence-electron chi connectivity index (χ0n) is 19.6. The molecule has 0 aliphatic carbocycles. The molecule has 0 fully saturated rings. The molecule has 1 N–H and O–H groups in total. The van der Waals surface area contributed by atoms with E-state index < -0.39 is 0 Å². The molecule has 162 valence electrons. The number of hydrogen-bond donors (Lipinski definition) is 1. The summed E-state index contributed by atoms with van der Waals surface area (Å²) in [5.74, 6) is 6.11. The lowest BCUT2D eigenvalue weighted by Gasteiger charge is -2.09. The molecule has 0 saturated carbocycles. The van der Waals surface area contributed by atoms with E-state index in [-0.39, 0.29) is 12.4 Å². The topological polar surface area (TPSA) is 47.6 Å². The van der Waals surface area contributed by atoms with Crippen LogP contribution in [-0.4, -0.2) is 39.3 Å². The number of rotatable bonds is 9. The summed E-state index contributed by atoms with van der Waals surface area (Å²) in [4.78, 5) is 10.6. The van der Waals surface area contributed by atoms with Crippen LogP contribution in [0.4, 0.5) is 0 Å². The van der Waals surface area contributed by atoms with E-state index in [1.54, 1.807) is 0 Å². The molecule has 1 rings (SSSR count). The summed E-state index contributed by atoms with van der Waals surface area (Å²) in [5, 5.41) is 3.20. The van der Waals surface area contributed by atoms with Gasteiger partial charge in [0.25, 0.3) is 0 Å². The highest BCUT2D eigenvalue weighted by Gasteiger charge is 2.00. The molecule has 0 spiro atoms. The maximum atomic E-state index is 10.6. The van der Waals surface area contributed by atoms with Crippen LogP contribution in [0.25, 0.3) is 0 Å². The Labute approximate surface area is 174 Å². The normalized spacial score (nSPS) is 9.75. The molecule has 28 heavy (non-hydrogen) atoms. The van der Waals surface area contributed by atoms with Crippen molar-refractivity contribution in [3.8, 4) is 11.8 Å². The first-order valence-corrected chi connectivity index (χ1v) is 10.5. The smallest absolute Gasteiger partial charge is 0.155 e. The Kier molecular flexibility index (Phi) is 28.1. The fourth-order valence-electron chi connectivity index (χ4n) is 1.76. The van der Waals surface area contributed by atoms with Gasteiger partial charge >= 0.3 is 0 Å². The SMILES string of the molecule is CC.CC.CC.CNC(C)c1ccc(C#CCOCCCOCC(C)=O)cc1. The first-order valence-electron chi connectivity index (χ1n) is 10.5. The van der Waals surface area contributed by atoms with Gasteiger partial charge in [-0.1, -0.05) is 65.5 Å². The van der Waals surface area contributed by atoms with Crippen LogP contribution in [0.15, 0.2) is 24.3 Å². The van der Waals surface area contributed by atoms with Crippen molar-refractivity contribution in [1.29, 1.82) is 0 Å². The van der Waals surface area contributed by atoms with E-state index >= 15 is 0 Å². The highest BCUT2D eigenvalue weighted by atomic mass is 16.5. The third kappa shape index (κ3) is 19.1. The lowest BCUT2D eigenvalue weighted by atomic mass is 10.1. The van der Waals surface area contributed by atoms with E-state index in [4.69, 9.17) is 9.47 Å². The van der Waals surface area contributed by atoms with Crippen molar-refractivity contribution in [2.45, 2.75) is 67.9 Å². The van der Waals surface area contributed by atoms with Gasteiger partial charge in [-0.2, -0.15) is 0 Å². The molecule has 1 atom stereocenters. The maximum absolute atomic E-state index is 10.6. The monoisotopic (exact) mass is 393 g/mol. The summed E-state index contributed by atoms with van der Waals surface area (Å²) in [6, 6.07) is 8.55. The van der Waals surface area contributed by atoms with E-state index in [9.17, 15) is 4.79 Å². The van der Waals surface area contributed by atoms with Crippen LogP contribution >= 0.6 is 0 Å². The van der Waals surface area contributed by atoms with Gasteiger partial charge in [-0.05, 0) is 45.0 Å². The van der Waals surface area contributed by atoms with Crippen LogP contribution in [0, 0.1) is 11.8 Å². The first kappa shape index (κ1) is 31.0. The predicted molar refractivity (Wildman–Crippen MR) is 122 cm³/mol. The quantitative estimate of drug-likeness (QED) is 0.450. The van der Waals surface area contributed by atoms with Crippen molar-refractivity contribution < 1.29 is 14.3 Å².